The van der Waals surface area contributed by atoms with Crippen LogP contribution in [0.25, 0.3) is 11.0 Å². The van der Waals surface area contributed by atoms with Gasteiger partial charge in [-0.1, -0.05) is 42.5 Å². The number of nitrogens with zero attached hydrogens (tertiary/aromatic N) is 3. The Morgan fingerprint density at radius 1 is 1.03 bits per heavy atom. The molecule has 4 aromatic rings. The van der Waals surface area contributed by atoms with E-state index >= 15 is 0 Å². The Labute approximate surface area is 199 Å². The van der Waals surface area contributed by atoms with Crippen LogP contribution in [0.15, 0.2) is 72.8 Å². The molecular weight excluding hydrogens is 426 g/mol. The molecule has 1 amide bonds. The predicted octanol–water partition coefficient (Wildman–Crippen LogP) is 4.61. The number of aliphatic hydroxyl groups excluding tert-OH is 1. The van der Waals surface area contributed by atoms with Crippen LogP contribution in [0, 0.1) is 13.8 Å². The third-order valence-electron chi connectivity index (χ3n) is 6.62. The number of carbonyl (C=O) groups is 1. The van der Waals surface area contributed by atoms with Gasteiger partial charge in [-0.3, -0.25) is 4.79 Å². The fourth-order valence-corrected chi connectivity index (χ4v) is 4.67. The molecule has 34 heavy (non-hydrogen) atoms. The van der Waals surface area contributed by atoms with E-state index in [9.17, 15) is 9.90 Å². The first-order valence-electron chi connectivity index (χ1n) is 11.7. The van der Waals surface area contributed by atoms with Crippen LogP contribution in [0.1, 0.15) is 29.3 Å². The maximum absolute atomic E-state index is 12.8. The highest BCUT2D eigenvalue weighted by atomic mass is 16.5. The molecule has 6 heteroatoms. The van der Waals surface area contributed by atoms with Gasteiger partial charge < -0.3 is 19.3 Å². The zero-order valence-corrected chi connectivity index (χ0v) is 19.5. The molecule has 2 atom stereocenters. The van der Waals surface area contributed by atoms with Crippen LogP contribution in [-0.2, 0) is 11.3 Å². The van der Waals surface area contributed by atoms with Crippen molar-refractivity contribution in [2.24, 2.45) is 0 Å². The largest absolute Gasteiger partial charge is 0.491 e. The van der Waals surface area contributed by atoms with Gasteiger partial charge in [-0.05, 0) is 55.3 Å². The summed E-state index contributed by atoms with van der Waals surface area (Å²) in [4.78, 5) is 19.6. The molecule has 1 aliphatic heterocycles. The summed E-state index contributed by atoms with van der Waals surface area (Å²) in [5, 5.41) is 10.9. The average Bonchev–Trinajstić information content (AvgIpc) is 3.41. The lowest BCUT2D eigenvalue weighted by Crippen LogP contribution is -2.26. The maximum atomic E-state index is 12.8. The van der Waals surface area contributed by atoms with Crippen LogP contribution in [-0.4, -0.2) is 39.8 Å². The molecule has 6 nitrogen and oxygen atoms in total. The lowest BCUT2D eigenvalue weighted by molar-refractivity contribution is -0.117. The normalized spacial score (nSPS) is 16.9. The van der Waals surface area contributed by atoms with E-state index in [1.54, 1.807) is 0 Å². The van der Waals surface area contributed by atoms with Crippen molar-refractivity contribution in [2.75, 3.05) is 18.1 Å². The Balaban J connectivity index is 1.38. The van der Waals surface area contributed by atoms with Gasteiger partial charge >= 0.3 is 0 Å². The van der Waals surface area contributed by atoms with Gasteiger partial charge in [-0.25, -0.2) is 4.98 Å². The molecular formula is C28H29N3O3. The van der Waals surface area contributed by atoms with E-state index in [0.29, 0.717) is 19.5 Å². The minimum atomic E-state index is -0.724. The number of amides is 1. The van der Waals surface area contributed by atoms with Crippen molar-refractivity contribution >= 4 is 22.6 Å². The molecule has 0 bridgehead atoms. The second-order valence-electron chi connectivity index (χ2n) is 8.97. The van der Waals surface area contributed by atoms with Crippen molar-refractivity contribution in [1.29, 1.82) is 0 Å². The Bertz CT molecular complexity index is 1320. The Morgan fingerprint density at radius 2 is 1.79 bits per heavy atom. The minimum Gasteiger partial charge on any atom is -0.491 e. The van der Waals surface area contributed by atoms with E-state index in [0.717, 1.165) is 39.4 Å². The van der Waals surface area contributed by atoms with Gasteiger partial charge in [0.15, 0.2) is 0 Å². The van der Waals surface area contributed by atoms with E-state index in [1.165, 1.54) is 0 Å². The average molecular weight is 456 g/mol. The van der Waals surface area contributed by atoms with E-state index in [-0.39, 0.29) is 18.4 Å². The summed E-state index contributed by atoms with van der Waals surface area (Å²) in [6.07, 6.45) is -0.327. The number of carbonyl (C=O) groups excluding carboxylic acids is 1. The summed E-state index contributed by atoms with van der Waals surface area (Å²) in [5.74, 6) is 1.66. The molecule has 0 aliphatic carbocycles. The van der Waals surface area contributed by atoms with E-state index in [1.807, 2.05) is 91.5 Å². The molecule has 0 saturated carbocycles. The molecule has 2 heterocycles. The first kappa shape index (κ1) is 22.2. The van der Waals surface area contributed by atoms with Gasteiger partial charge in [0.05, 0.1) is 17.6 Å². The maximum Gasteiger partial charge on any atom is 0.227 e. The van der Waals surface area contributed by atoms with Gasteiger partial charge in [0, 0.05) is 24.6 Å². The van der Waals surface area contributed by atoms with Crippen LogP contribution >= 0.6 is 0 Å². The molecule has 1 aromatic heterocycles. The van der Waals surface area contributed by atoms with Crippen molar-refractivity contribution in [1.82, 2.24) is 9.55 Å². The molecule has 5 rings (SSSR count). The molecule has 0 unspecified atom stereocenters. The van der Waals surface area contributed by atoms with Crippen molar-refractivity contribution in [3.63, 3.8) is 0 Å². The minimum absolute atomic E-state index is 0.0489. The second-order valence-corrected chi connectivity index (χ2v) is 8.97. The number of aliphatic hydroxyl groups is 1. The summed E-state index contributed by atoms with van der Waals surface area (Å²) in [6.45, 7) is 5.16. The predicted molar refractivity (Wildman–Crippen MR) is 133 cm³/mol. The van der Waals surface area contributed by atoms with E-state index in [4.69, 9.17) is 9.72 Å². The molecule has 1 aliphatic rings. The summed E-state index contributed by atoms with van der Waals surface area (Å²) < 4.78 is 8.01. The number of para-hydroxylation sites is 3. The van der Waals surface area contributed by atoms with Crippen molar-refractivity contribution in [3.05, 3.63) is 89.7 Å². The highest BCUT2D eigenvalue weighted by molar-refractivity contribution is 5.96. The first-order chi connectivity index (χ1) is 16.5. The van der Waals surface area contributed by atoms with Crippen LogP contribution in [0.3, 0.4) is 0 Å². The summed E-state index contributed by atoms with van der Waals surface area (Å²) in [5.41, 5.74) is 4.96. The number of hydrogen-bond donors (Lipinski definition) is 1. The SMILES string of the molecule is Cc1cccc(OC[C@H](O)Cn2c([C@@H]3CC(=O)N(c4ccccc4)C3)nc3ccccc32)c1C. The summed E-state index contributed by atoms with van der Waals surface area (Å²) >= 11 is 0. The summed E-state index contributed by atoms with van der Waals surface area (Å²) in [6, 6.07) is 23.6. The van der Waals surface area contributed by atoms with Crippen LogP contribution in [0.5, 0.6) is 5.75 Å². The Morgan fingerprint density at radius 3 is 2.62 bits per heavy atom. The quantitative estimate of drug-likeness (QED) is 0.442. The van der Waals surface area contributed by atoms with Crippen molar-refractivity contribution < 1.29 is 14.6 Å². The number of aryl methyl sites for hydroxylation is 1. The third-order valence-corrected chi connectivity index (χ3v) is 6.62. The second kappa shape index (κ2) is 9.31. The molecule has 1 N–H and O–H groups in total. The molecule has 0 radical (unpaired) electrons. The number of anilines is 1. The zero-order valence-electron chi connectivity index (χ0n) is 19.5. The number of hydrogen-bond acceptors (Lipinski definition) is 4. The number of fused-ring (bicyclic) bond motifs is 1. The van der Waals surface area contributed by atoms with Gasteiger partial charge in [0.1, 0.15) is 24.3 Å². The third kappa shape index (κ3) is 4.29. The molecule has 174 valence electrons. The molecule has 3 aromatic carbocycles. The number of aromatic nitrogens is 2. The van der Waals surface area contributed by atoms with Crippen molar-refractivity contribution in [2.45, 2.75) is 38.8 Å². The van der Waals surface area contributed by atoms with Gasteiger partial charge in [0.2, 0.25) is 5.91 Å². The van der Waals surface area contributed by atoms with Gasteiger partial charge in [0.25, 0.3) is 0 Å². The lowest BCUT2D eigenvalue weighted by atomic mass is 10.1. The lowest BCUT2D eigenvalue weighted by Gasteiger charge is -2.19. The fourth-order valence-electron chi connectivity index (χ4n) is 4.67. The Hall–Kier alpha value is -3.64. The topological polar surface area (TPSA) is 67.6 Å². The molecule has 1 fully saturated rings. The summed E-state index contributed by atoms with van der Waals surface area (Å²) in [7, 11) is 0. The van der Waals surface area contributed by atoms with E-state index in [2.05, 4.69) is 4.57 Å². The number of ether oxygens (including phenoxy) is 1. The van der Waals surface area contributed by atoms with Gasteiger partial charge in [-0.2, -0.15) is 0 Å². The standard InChI is InChI=1S/C28H29N3O3/c1-19-9-8-14-26(20(19)2)34-18-23(32)17-31-25-13-7-6-12-24(25)29-28(31)21-15-27(33)30(16-21)22-10-4-3-5-11-22/h3-14,21,23,32H,15-18H2,1-2H3/t21-,23-/m1/s1. The molecule has 1 saturated heterocycles. The number of benzene rings is 3. The first-order valence-corrected chi connectivity index (χ1v) is 11.7. The van der Waals surface area contributed by atoms with Crippen LogP contribution in [0.2, 0.25) is 0 Å². The monoisotopic (exact) mass is 455 g/mol. The number of rotatable bonds is 7. The van der Waals surface area contributed by atoms with Crippen molar-refractivity contribution in [3.8, 4) is 5.75 Å². The zero-order chi connectivity index (χ0) is 23.7. The van der Waals surface area contributed by atoms with Gasteiger partial charge in [-0.15, -0.1) is 0 Å². The fraction of sp³-hybridized carbons (Fsp3) is 0.286. The molecule has 0 spiro atoms. The number of imidazole rings is 1. The smallest absolute Gasteiger partial charge is 0.227 e. The van der Waals surface area contributed by atoms with Crippen LogP contribution in [0.4, 0.5) is 5.69 Å². The van der Waals surface area contributed by atoms with E-state index < -0.39 is 6.10 Å². The Kier molecular flexibility index (Phi) is 6.07. The van der Waals surface area contributed by atoms with Crippen LogP contribution < -0.4 is 9.64 Å². The highest BCUT2D eigenvalue weighted by Crippen LogP contribution is 2.33. The highest BCUT2D eigenvalue weighted by Gasteiger charge is 2.35.